The van der Waals surface area contributed by atoms with Crippen molar-refractivity contribution >= 4 is 0 Å². The first-order valence-electron chi connectivity index (χ1n) is 8.04. The largest absolute Gasteiger partial charge is 0.494 e. The first-order valence-corrected chi connectivity index (χ1v) is 8.04. The third-order valence-corrected chi connectivity index (χ3v) is 3.64. The zero-order valence-corrected chi connectivity index (χ0v) is 14.5. The van der Waals surface area contributed by atoms with Gasteiger partial charge in [-0.15, -0.1) is 0 Å². The van der Waals surface area contributed by atoms with Crippen LogP contribution in [0, 0.1) is 0 Å². The molecule has 0 atom stereocenters. The molecule has 0 saturated carbocycles. The van der Waals surface area contributed by atoms with Crippen LogP contribution in [0.15, 0.2) is 47.0 Å². The summed E-state index contributed by atoms with van der Waals surface area (Å²) in [5, 5.41) is 4.05. The zero-order valence-electron chi connectivity index (χ0n) is 14.5. The summed E-state index contributed by atoms with van der Waals surface area (Å²) in [5.74, 6) is 3.03. The van der Waals surface area contributed by atoms with Gasteiger partial charge in [0.25, 0.3) is 5.89 Å². The van der Waals surface area contributed by atoms with Gasteiger partial charge in [0.1, 0.15) is 5.75 Å². The zero-order chi connectivity index (χ0) is 17.6. The van der Waals surface area contributed by atoms with Crippen LogP contribution in [-0.4, -0.2) is 31.0 Å². The number of nitrogens with zero attached hydrogens (tertiary/aromatic N) is 2. The van der Waals surface area contributed by atoms with Gasteiger partial charge in [-0.3, -0.25) is 0 Å². The Labute approximate surface area is 146 Å². The van der Waals surface area contributed by atoms with E-state index in [0.717, 1.165) is 23.3 Å². The van der Waals surface area contributed by atoms with Crippen molar-refractivity contribution in [1.82, 2.24) is 10.1 Å². The van der Waals surface area contributed by atoms with Crippen molar-refractivity contribution in [2.24, 2.45) is 0 Å². The molecule has 0 aliphatic rings. The summed E-state index contributed by atoms with van der Waals surface area (Å²) in [7, 11) is 3.18. The van der Waals surface area contributed by atoms with Crippen LogP contribution in [0.1, 0.15) is 13.3 Å². The van der Waals surface area contributed by atoms with Gasteiger partial charge in [-0.25, -0.2) is 0 Å². The monoisotopic (exact) mass is 340 g/mol. The van der Waals surface area contributed by atoms with E-state index in [2.05, 4.69) is 17.1 Å². The molecule has 130 valence electrons. The fourth-order valence-electron chi connectivity index (χ4n) is 2.35. The van der Waals surface area contributed by atoms with Crippen molar-refractivity contribution in [3.05, 3.63) is 42.5 Å². The first-order chi connectivity index (χ1) is 12.2. The molecule has 0 bridgehead atoms. The molecule has 6 nitrogen and oxygen atoms in total. The van der Waals surface area contributed by atoms with E-state index >= 15 is 0 Å². The highest BCUT2D eigenvalue weighted by Crippen LogP contribution is 2.32. The molecule has 0 amide bonds. The molecule has 0 spiro atoms. The van der Waals surface area contributed by atoms with Gasteiger partial charge < -0.3 is 18.7 Å². The van der Waals surface area contributed by atoms with E-state index in [4.69, 9.17) is 18.7 Å². The third kappa shape index (κ3) is 3.74. The van der Waals surface area contributed by atoms with Crippen LogP contribution in [0.2, 0.25) is 0 Å². The normalized spacial score (nSPS) is 10.5. The Kier molecular flexibility index (Phi) is 5.18. The van der Waals surface area contributed by atoms with Crippen molar-refractivity contribution in [2.45, 2.75) is 13.3 Å². The number of ether oxygens (including phenoxy) is 3. The predicted octanol–water partition coefficient (Wildman–Crippen LogP) is 4.21. The van der Waals surface area contributed by atoms with E-state index < -0.39 is 0 Å². The smallest absolute Gasteiger partial charge is 0.258 e. The van der Waals surface area contributed by atoms with Crippen molar-refractivity contribution < 1.29 is 18.7 Å². The average Bonchev–Trinajstić information content (AvgIpc) is 3.16. The Morgan fingerprint density at radius 3 is 2.32 bits per heavy atom. The maximum atomic E-state index is 5.58. The van der Waals surface area contributed by atoms with Crippen LogP contribution >= 0.6 is 0 Å². The molecule has 1 aromatic heterocycles. The first kappa shape index (κ1) is 16.8. The van der Waals surface area contributed by atoms with Crippen molar-refractivity contribution in [2.75, 3.05) is 20.8 Å². The fraction of sp³-hybridized carbons (Fsp3) is 0.263. The lowest BCUT2D eigenvalue weighted by atomic mass is 10.2. The van der Waals surface area contributed by atoms with Crippen LogP contribution in [-0.2, 0) is 0 Å². The van der Waals surface area contributed by atoms with Crippen LogP contribution in [0.4, 0.5) is 0 Å². The Morgan fingerprint density at radius 2 is 1.64 bits per heavy atom. The van der Waals surface area contributed by atoms with E-state index in [-0.39, 0.29) is 0 Å². The second-order valence-corrected chi connectivity index (χ2v) is 5.37. The fourth-order valence-corrected chi connectivity index (χ4v) is 2.35. The number of hydrogen-bond acceptors (Lipinski definition) is 6. The van der Waals surface area contributed by atoms with Crippen LogP contribution in [0.25, 0.3) is 22.8 Å². The molecule has 6 heteroatoms. The summed E-state index contributed by atoms with van der Waals surface area (Å²) in [5.41, 5.74) is 1.62. The van der Waals surface area contributed by atoms with E-state index in [1.807, 2.05) is 42.5 Å². The molecule has 25 heavy (non-hydrogen) atoms. The summed E-state index contributed by atoms with van der Waals surface area (Å²) in [6.07, 6.45) is 0.972. The molecule has 0 unspecified atom stereocenters. The van der Waals surface area contributed by atoms with Gasteiger partial charge in [-0.2, -0.15) is 4.98 Å². The standard InChI is InChI=1S/C19H20N2O4/c1-4-11-24-15-8-5-13(6-9-15)19-20-18(21-25-19)14-7-10-16(22-2)17(12-14)23-3/h5-10,12H,4,11H2,1-3H3. The molecule has 0 fully saturated rings. The lowest BCUT2D eigenvalue weighted by molar-refractivity contribution is 0.317. The molecular weight excluding hydrogens is 320 g/mol. The summed E-state index contributed by atoms with van der Waals surface area (Å²) in [4.78, 5) is 4.46. The molecule has 0 aliphatic carbocycles. The maximum absolute atomic E-state index is 5.58. The highest BCUT2D eigenvalue weighted by atomic mass is 16.5. The highest BCUT2D eigenvalue weighted by molar-refractivity contribution is 5.63. The molecule has 0 radical (unpaired) electrons. The highest BCUT2D eigenvalue weighted by Gasteiger charge is 2.13. The molecular formula is C19H20N2O4. The molecule has 1 heterocycles. The molecule has 2 aromatic carbocycles. The summed E-state index contributed by atoms with van der Waals surface area (Å²) < 4.78 is 21.5. The Balaban J connectivity index is 1.82. The Bertz CT molecular complexity index is 828. The minimum absolute atomic E-state index is 0.451. The average molecular weight is 340 g/mol. The second kappa shape index (κ2) is 7.70. The van der Waals surface area contributed by atoms with E-state index in [0.29, 0.717) is 29.8 Å². The molecule has 3 aromatic rings. The quantitative estimate of drug-likeness (QED) is 0.642. The van der Waals surface area contributed by atoms with Gasteiger partial charge in [0.15, 0.2) is 11.5 Å². The topological polar surface area (TPSA) is 66.6 Å². The van der Waals surface area contributed by atoms with E-state index in [9.17, 15) is 0 Å². The van der Waals surface area contributed by atoms with Gasteiger partial charge >= 0.3 is 0 Å². The van der Waals surface area contributed by atoms with Crippen LogP contribution in [0.3, 0.4) is 0 Å². The van der Waals surface area contributed by atoms with Gasteiger partial charge in [-0.1, -0.05) is 12.1 Å². The number of aromatic nitrogens is 2. The van der Waals surface area contributed by atoms with E-state index in [1.54, 1.807) is 14.2 Å². The van der Waals surface area contributed by atoms with Gasteiger partial charge in [-0.05, 0) is 48.9 Å². The number of hydrogen-bond donors (Lipinski definition) is 0. The number of benzene rings is 2. The summed E-state index contributed by atoms with van der Waals surface area (Å²) in [6.45, 7) is 2.77. The SMILES string of the molecule is CCCOc1ccc(-c2nc(-c3ccc(OC)c(OC)c3)no2)cc1. The summed E-state index contributed by atoms with van der Waals surface area (Å²) >= 11 is 0. The number of rotatable bonds is 7. The van der Waals surface area contributed by atoms with Crippen molar-refractivity contribution in [3.63, 3.8) is 0 Å². The lowest BCUT2D eigenvalue weighted by Crippen LogP contribution is -1.94. The molecule has 0 N–H and O–H groups in total. The molecule has 0 saturated heterocycles. The van der Waals surface area contributed by atoms with Crippen molar-refractivity contribution in [1.29, 1.82) is 0 Å². The van der Waals surface area contributed by atoms with E-state index in [1.165, 1.54) is 0 Å². The molecule has 0 aliphatic heterocycles. The van der Waals surface area contributed by atoms with Crippen LogP contribution in [0.5, 0.6) is 17.2 Å². The minimum Gasteiger partial charge on any atom is -0.494 e. The summed E-state index contributed by atoms with van der Waals surface area (Å²) in [6, 6.07) is 13.1. The Hall–Kier alpha value is -3.02. The van der Waals surface area contributed by atoms with Gasteiger partial charge in [0, 0.05) is 11.1 Å². The molecule has 3 rings (SSSR count). The van der Waals surface area contributed by atoms with Crippen LogP contribution < -0.4 is 14.2 Å². The second-order valence-electron chi connectivity index (χ2n) is 5.37. The van der Waals surface area contributed by atoms with Crippen molar-refractivity contribution in [3.8, 4) is 40.1 Å². The maximum Gasteiger partial charge on any atom is 0.258 e. The lowest BCUT2D eigenvalue weighted by Gasteiger charge is -2.07. The Morgan fingerprint density at radius 1 is 0.920 bits per heavy atom. The minimum atomic E-state index is 0.451. The third-order valence-electron chi connectivity index (χ3n) is 3.64. The number of methoxy groups -OCH3 is 2. The van der Waals surface area contributed by atoms with Gasteiger partial charge in [0.2, 0.25) is 5.82 Å². The van der Waals surface area contributed by atoms with Gasteiger partial charge in [0.05, 0.1) is 20.8 Å². The predicted molar refractivity (Wildman–Crippen MR) is 94.1 cm³/mol.